The first-order valence-electron chi connectivity index (χ1n) is 8.86. The number of hydrogen-bond donors (Lipinski definition) is 2. The van der Waals surface area contributed by atoms with Crippen molar-refractivity contribution in [2.45, 2.75) is 66.6 Å². The van der Waals surface area contributed by atoms with E-state index in [4.69, 9.17) is 9.47 Å². The second-order valence-electron chi connectivity index (χ2n) is 7.48. The van der Waals surface area contributed by atoms with Crippen molar-refractivity contribution in [3.05, 3.63) is 0 Å². The fraction of sp³-hybridized carbons (Fsp3) is 0.722. The Kier molecular flexibility index (Phi) is 13.1. The fourth-order valence-electron chi connectivity index (χ4n) is 1.32. The number of ether oxygens (including phenoxy) is 4. The summed E-state index contributed by atoms with van der Waals surface area (Å²) in [5, 5.41) is 4.28. The second-order valence-corrected chi connectivity index (χ2v) is 7.48. The third-order valence-electron chi connectivity index (χ3n) is 2.13. The van der Waals surface area contributed by atoms with Crippen molar-refractivity contribution in [1.82, 2.24) is 10.6 Å². The van der Waals surface area contributed by atoms with Crippen LogP contribution in [-0.4, -0.2) is 61.0 Å². The minimum absolute atomic E-state index is 0.211. The van der Waals surface area contributed by atoms with E-state index in [2.05, 4.69) is 20.1 Å². The number of amides is 2. The summed E-state index contributed by atoms with van der Waals surface area (Å²) in [6, 6.07) is 0. The van der Waals surface area contributed by atoms with Gasteiger partial charge in [0.1, 0.15) is 24.3 Å². The molecule has 168 valence electrons. The van der Waals surface area contributed by atoms with Crippen LogP contribution in [0.25, 0.3) is 0 Å². The molecule has 11 nitrogen and oxygen atoms in total. The second kappa shape index (κ2) is 13.3. The molecule has 0 atom stereocenters. The first-order chi connectivity index (χ1) is 13.1. The first kappa shape index (κ1) is 28.4. The average Bonchev–Trinajstić information content (AvgIpc) is 2.48. The van der Waals surface area contributed by atoms with Crippen molar-refractivity contribution >= 4 is 30.1 Å². The largest absolute Gasteiger partial charge is 0.466 e. The van der Waals surface area contributed by atoms with E-state index in [1.807, 2.05) is 0 Å². The summed E-state index contributed by atoms with van der Waals surface area (Å²) in [4.78, 5) is 55.1. The molecule has 0 spiro atoms. The summed E-state index contributed by atoms with van der Waals surface area (Å²) in [6.07, 6.45) is -1.62. The van der Waals surface area contributed by atoms with Crippen molar-refractivity contribution in [3.63, 3.8) is 0 Å². The highest BCUT2D eigenvalue weighted by Gasteiger charge is 2.19. The van der Waals surface area contributed by atoms with Gasteiger partial charge in [-0.15, -0.1) is 0 Å². The van der Waals surface area contributed by atoms with Gasteiger partial charge in [0.05, 0.1) is 6.61 Å². The van der Waals surface area contributed by atoms with E-state index in [9.17, 15) is 24.0 Å². The quantitative estimate of drug-likeness (QED) is 0.385. The van der Waals surface area contributed by atoms with E-state index < -0.39 is 48.4 Å². The minimum atomic E-state index is -0.980. The van der Waals surface area contributed by atoms with Crippen LogP contribution in [-0.2, 0) is 33.3 Å². The molecule has 0 aromatic heterocycles. The van der Waals surface area contributed by atoms with E-state index in [0.717, 1.165) is 0 Å². The van der Waals surface area contributed by atoms with Gasteiger partial charge >= 0.3 is 30.1 Å². The first-order valence-corrected chi connectivity index (χ1v) is 8.86. The highest BCUT2D eigenvalue weighted by atomic mass is 16.6. The van der Waals surface area contributed by atoms with Crippen LogP contribution in [0.4, 0.5) is 9.59 Å². The summed E-state index contributed by atoms with van der Waals surface area (Å²) in [5.74, 6) is -2.17. The number of rotatable bonds is 5. The van der Waals surface area contributed by atoms with Crippen molar-refractivity contribution in [1.29, 1.82) is 0 Å². The van der Waals surface area contributed by atoms with Gasteiger partial charge in [-0.3, -0.25) is 4.79 Å². The summed E-state index contributed by atoms with van der Waals surface area (Å²) in [7, 11) is 0. The lowest BCUT2D eigenvalue weighted by Crippen LogP contribution is -2.39. The molecule has 0 fully saturated rings. The molecule has 11 heteroatoms. The Morgan fingerprint density at radius 1 is 0.724 bits per heavy atom. The number of hydrogen-bond acceptors (Lipinski definition) is 9. The maximum atomic E-state index is 11.3. The topological polar surface area (TPSA) is 146 Å². The summed E-state index contributed by atoms with van der Waals surface area (Å²) < 4.78 is 18.6. The zero-order valence-corrected chi connectivity index (χ0v) is 18.3. The Bertz CT molecular complexity index is 533. The number of carbonyl (C=O) groups excluding carboxylic acids is 5. The molecular weight excluding hydrogens is 388 g/mol. The Balaban J connectivity index is 0. The molecule has 0 aromatic carbocycles. The van der Waals surface area contributed by atoms with Gasteiger partial charge in [-0.25, -0.2) is 19.2 Å². The Morgan fingerprint density at radius 3 is 1.28 bits per heavy atom. The van der Waals surface area contributed by atoms with E-state index in [1.165, 1.54) is 6.92 Å². The summed E-state index contributed by atoms with van der Waals surface area (Å²) in [6.45, 7) is 12.6. The van der Waals surface area contributed by atoms with Crippen LogP contribution < -0.4 is 10.6 Å². The normalized spacial score (nSPS) is 10.5. The maximum absolute atomic E-state index is 11.3. The van der Waals surface area contributed by atoms with Gasteiger partial charge in [0.25, 0.3) is 0 Å². The SMILES string of the molecule is CC(C)(C)OC(=O)NCC(=O)OC(=O)CNC(=O)OC(C)(C)C.CCOC(C)=O. The van der Waals surface area contributed by atoms with Crippen LogP contribution in [0.3, 0.4) is 0 Å². The Morgan fingerprint density at radius 2 is 1.07 bits per heavy atom. The lowest BCUT2D eigenvalue weighted by atomic mass is 10.2. The third kappa shape index (κ3) is 23.1. The predicted molar refractivity (Wildman–Crippen MR) is 102 cm³/mol. The summed E-state index contributed by atoms with van der Waals surface area (Å²) in [5.41, 5.74) is -1.41. The lowest BCUT2D eigenvalue weighted by molar-refractivity contribution is -0.158. The Hall–Kier alpha value is -2.85. The molecule has 2 N–H and O–H groups in total. The smallest absolute Gasteiger partial charge is 0.408 e. The van der Waals surface area contributed by atoms with Crippen molar-refractivity contribution in [2.75, 3.05) is 19.7 Å². The molecule has 0 aliphatic carbocycles. The van der Waals surface area contributed by atoms with Crippen LogP contribution in [0.1, 0.15) is 55.4 Å². The van der Waals surface area contributed by atoms with E-state index in [1.54, 1.807) is 48.5 Å². The molecule has 0 bridgehead atoms. The van der Waals surface area contributed by atoms with Crippen molar-refractivity contribution < 1.29 is 42.9 Å². The minimum Gasteiger partial charge on any atom is -0.466 e. The van der Waals surface area contributed by atoms with Crippen molar-refractivity contribution in [2.24, 2.45) is 0 Å². The van der Waals surface area contributed by atoms with E-state index >= 15 is 0 Å². The van der Waals surface area contributed by atoms with Gasteiger partial charge in [0.2, 0.25) is 0 Å². The highest BCUT2D eigenvalue weighted by Crippen LogP contribution is 2.06. The van der Waals surface area contributed by atoms with Crippen LogP contribution in [0.15, 0.2) is 0 Å². The molecule has 0 saturated heterocycles. The molecular formula is C18H32N2O9. The lowest BCUT2D eigenvalue weighted by Gasteiger charge is -2.19. The van der Waals surface area contributed by atoms with Crippen LogP contribution in [0, 0.1) is 0 Å². The number of carbonyl (C=O) groups is 5. The maximum Gasteiger partial charge on any atom is 0.408 e. The Labute approximate surface area is 170 Å². The molecule has 0 heterocycles. The van der Waals surface area contributed by atoms with Gasteiger partial charge < -0.3 is 29.6 Å². The molecule has 0 aliphatic rings. The van der Waals surface area contributed by atoms with Crippen molar-refractivity contribution in [3.8, 4) is 0 Å². The molecule has 0 aliphatic heterocycles. The van der Waals surface area contributed by atoms with Gasteiger partial charge in [-0.1, -0.05) is 0 Å². The third-order valence-corrected chi connectivity index (χ3v) is 2.13. The van der Waals surface area contributed by atoms with E-state index in [0.29, 0.717) is 6.61 Å². The molecule has 0 unspecified atom stereocenters. The molecule has 29 heavy (non-hydrogen) atoms. The zero-order chi connectivity index (χ0) is 23.3. The monoisotopic (exact) mass is 420 g/mol. The van der Waals surface area contributed by atoms with Gasteiger partial charge in [-0.2, -0.15) is 0 Å². The fourth-order valence-corrected chi connectivity index (χ4v) is 1.32. The van der Waals surface area contributed by atoms with Crippen LogP contribution >= 0.6 is 0 Å². The molecule has 0 saturated carbocycles. The molecule has 2 amide bonds. The van der Waals surface area contributed by atoms with Crippen LogP contribution in [0.2, 0.25) is 0 Å². The highest BCUT2D eigenvalue weighted by molar-refractivity contribution is 5.90. The molecule has 0 radical (unpaired) electrons. The summed E-state index contributed by atoms with van der Waals surface area (Å²) >= 11 is 0. The number of alkyl carbamates (subject to hydrolysis) is 2. The van der Waals surface area contributed by atoms with Gasteiger partial charge in [0.15, 0.2) is 0 Å². The standard InChI is InChI=1S/C14H24N2O7.C4H8O2/c1-13(2,3)22-11(19)15-7-9(17)21-10(18)8-16-12(20)23-14(4,5)6;1-3-6-4(2)5/h7-8H2,1-6H3,(H,15,19)(H,16,20);3H2,1-2H3. The predicted octanol–water partition coefficient (Wildman–Crippen LogP) is 1.68. The molecule has 0 aromatic rings. The zero-order valence-electron chi connectivity index (χ0n) is 18.3. The molecule has 0 rings (SSSR count). The van der Waals surface area contributed by atoms with Gasteiger partial charge in [0, 0.05) is 6.92 Å². The van der Waals surface area contributed by atoms with Crippen LogP contribution in [0.5, 0.6) is 0 Å². The van der Waals surface area contributed by atoms with E-state index in [-0.39, 0.29) is 5.97 Å². The van der Waals surface area contributed by atoms with Gasteiger partial charge in [-0.05, 0) is 48.5 Å². The average molecular weight is 420 g/mol. The number of nitrogens with one attached hydrogen (secondary N) is 2. The number of esters is 3.